The van der Waals surface area contributed by atoms with Crippen LogP contribution in [-0.2, 0) is 30.9 Å². The maximum Gasteiger partial charge on any atom is 0.191 e. The zero-order chi connectivity index (χ0) is 17.9. The number of nitrogens with one attached hydrogen (secondary N) is 2. The van der Waals surface area contributed by atoms with Crippen LogP contribution in [0.4, 0.5) is 0 Å². The Morgan fingerprint density at radius 3 is 2.64 bits per heavy atom. The Bertz CT molecular complexity index is 669. The molecular formula is C19H28N4OS. The highest BCUT2D eigenvalue weighted by Crippen LogP contribution is 2.13. The number of hydrogen-bond donors (Lipinski definition) is 2. The van der Waals surface area contributed by atoms with Gasteiger partial charge in [0.05, 0.1) is 19.7 Å². The van der Waals surface area contributed by atoms with Crippen molar-refractivity contribution in [1.29, 1.82) is 0 Å². The first-order valence-corrected chi connectivity index (χ1v) is 9.68. The minimum atomic E-state index is 0.622. The molecule has 0 radical (unpaired) electrons. The molecule has 1 aromatic carbocycles. The largest absolute Gasteiger partial charge is 0.377 e. The third kappa shape index (κ3) is 6.48. The van der Waals surface area contributed by atoms with Crippen LogP contribution in [-0.4, -0.2) is 24.1 Å². The number of aryl methyl sites for hydroxylation is 1. The van der Waals surface area contributed by atoms with Crippen LogP contribution >= 0.6 is 11.3 Å². The second-order valence-corrected chi connectivity index (χ2v) is 6.73. The number of nitrogens with zero attached hydrogens (tertiary/aromatic N) is 2. The van der Waals surface area contributed by atoms with Crippen molar-refractivity contribution in [2.45, 2.75) is 46.9 Å². The lowest BCUT2D eigenvalue weighted by Crippen LogP contribution is -2.36. The quantitative estimate of drug-likeness (QED) is 0.531. The van der Waals surface area contributed by atoms with E-state index >= 15 is 0 Å². The van der Waals surface area contributed by atoms with E-state index in [4.69, 9.17) is 9.73 Å². The van der Waals surface area contributed by atoms with Gasteiger partial charge in [0.2, 0.25) is 0 Å². The van der Waals surface area contributed by atoms with Crippen molar-refractivity contribution < 1.29 is 4.74 Å². The molecule has 0 atom stereocenters. The van der Waals surface area contributed by atoms with Crippen LogP contribution < -0.4 is 10.6 Å². The minimum Gasteiger partial charge on any atom is -0.377 e. The smallest absolute Gasteiger partial charge is 0.191 e. The van der Waals surface area contributed by atoms with Gasteiger partial charge < -0.3 is 15.4 Å². The second-order valence-electron chi connectivity index (χ2n) is 5.53. The van der Waals surface area contributed by atoms with Crippen molar-refractivity contribution >= 4 is 17.3 Å². The zero-order valence-electron chi connectivity index (χ0n) is 15.3. The fourth-order valence-electron chi connectivity index (χ4n) is 2.32. The normalized spacial score (nSPS) is 11.6. The molecule has 0 bridgehead atoms. The van der Waals surface area contributed by atoms with Crippen molar-refractivity contribution in [2.75, 3.05) is 13.2 Å². The molecule has 0 aliphatic carbocycles. The second kappa shape index (κ2) is 10.8. The summed E-state index contributed by atoms with van der Waals surface area (Å²) in [5.74, 6) is 0.807. The third-order valence-corrected chi connectivity index (χ3v) is 4.83. The average molecular weight is 361 g/mol. The van der Waals surface area contributed by atoms with E-state index in [1.807, 2.05) is 25.3 Å². The maximum absolute atomic E-state index is 5.55. The summed E-state index contributed by atoms with van der Waals surface area (Å²) < 4.78 is 5.55. The van der Waals surface area contributed by atoms with E-state index in [9.17, 15) is 0 Å². The van der Waals surface area contributed by atoms with Gasteiger partial charge in [0, 0.05) is 24.2 Å². The van der Waals surface area contributed by atoms with Crippen LogP contribution in [0.3, 0.4) is 0 Å². The van der Waals surface area contributed by atoms with Gasteiger partial charge in [0.25, 0.3) is 0 Å². The Morgan fingerprint density at radius 2 is 1.96 bits per heavy atom. The molecule has 0 unspecified atom stereocenters. The molecule has 25 heavy (non-hydrogen) atoms. The number of ether oxygens (including phenoxy) is 1. The highest BCUT2D eigenvalue weighted by molar-refractivity contribution is 7.11. The molecule has 0 amide bonds. The van der Waals surface area contributed by atoms with E-state index in [1.165, 1.54) is 16.0 Å². The van der Waals surface area contributed by atoms with E-state index in [0.717, 1.165) is 30.5 Å². The van der Waals surface area contributed by atoms with Gasteiger partial charge in [-0.15, -0.1) is 11.3 Å². The number of rotatable bonds is 9. The molecule has 0 saturated carbocycles. The fourth-order valence-corrected chi connectivity index (χ4v) is 3.13. The lowest BCUT2D eigenvalue weighted by Gasteiger charge is -2.11. The highest BCUT2D eigenvalue weighted by Gasteiger charge is 2.04. The minimum absolute atomic E-state index is 0.622. The van der Waals surface area contributed by atoms with Crippen LogP contribution in [0, 0.1) is 0 Å². The van der Waals surface area contributed by atoms with Gasteiger partial charge >= 0.3 is 0 Å². The Balaban J connectivity index is 1.99. The molecule has 0 spiro atoms. The molecular weight excluding hydrogens is 332 g/mol. The van der Waals surface area contributed by atoms with E-state index in [2.05, 4.69) is 41.6 Å². The van der Waals surface area contributed by atoms with Crippen molar-refractivity contribution in [1.82, 2.24) is 15.6 Å². The highest BCUT2D eigenvalue weighted by atomic mass is 32.1. The third-order valence-electron chi connectivity index (χ3n) is 3.69. The molecule has 5 nitrogen and oxygen atoms in total. The molecule has 1 aromatic heterocycles. The predicted octanol–water partition coefficient (Wildman–Crippen LogP) is 3.50. The fraction of sp³-hybridized carbons (Fsp3) is 0.474. The Labute approximate surface area is 154 Å². The SMILES string of the molecule is CCNC(=NCc1ccccc1COCC)NCc1ncc(CC)s1. The van der Waals surface area contributed by atoms with E-state index < -0.39 is 0 Å². The van der Waals surface area contributed by atoms with Crippen LogP contribution in [0.15, 0.2) is 35.5 Å². The summed E-state index contributed by atoms with van der Waals surface area (Å²) in [5, 5.41) is 7.74. The Morgan fingerprint density at radius 1 is 1.16 bits per heavy atom. The van der Waals surface area contributed by atoms with Crippen molar-refractivity contribution in [3.05, 3.63) is 51.5 Å². The summed E-state index contributed by atoms with van der Waals surface area (Å²) in [6, 6.07) is 8.29. The molecule has 0 aliphatic heterocycles. The first-order chi connectivity index (χ1) is 12.3. The van der Waals surface area contributed by atoms with Gasteiger partial charge in [0.15, 0.2) is 5.96 Å². The lowest BCUT2D eigenvalue weighted by atomic mass is 10.1. The van der Waals surface area contributed by atoms with Crippen LogP contribution in [0.25, 0.3) is 0 Å². The number of benzene rings is 1. The lowest BCUT2D eigenvalue weighted by molar-refractivity contribution is 0.133. The predicted molar refractivity (Wildman–Crippen MR) is 105 cm³/mol. The first kappa shape index (κ1) is 19.4. The molecule has 0 saturated heterocycles. The van der Waals surface area contributed by atoms with E-state index in [-0.39, 0.29) is 0 Å². The van der Waals surface area contributed by atoms with E-state index in [1.54, 1.807) is 11.3 Å². The van der Waals surface area contributed by atoms with Gasteiger partial charge in [-0.1, -0.05) is 31.2 Å². The standard InChI is InChI=1S/C19H28N4OS/c1-4-17-12-21-18(25-17)13-23-19(20-5-2)22-11-15-9-7-8-10-16(15)14-24-6-3/h7-10,12H,4-6,11,13-14H2,1-3H3,(H2,20,22,23). The topological polar surface area (TPSA) is 58.5 Å². The van der Waals surface area contributed by atoms with Gasteiger partial charge in [-0.3, -0.25) is 0 Å². The molecule has 2 N–H and O–H groups in total. The first-order valence-electron chi connectivity index (χ1n) is 8.87. The molecule has 0 aliphatic rings. The van der Waals surface area contributed by atoms with Crippen LogP contribution in [0.5, 0.6) is 0 Å². The Kier molecular flexibility index (Phi) is 8.42. The number of aromatic nitrogens is 1. The summed E-state index contributed by atoms with van der Waals surface area (Å²) in [6.07, 6.45) is 2.98. The average Bonchev–Trinajstić information content (AvgIpc) is 3.11. The number of guanidine groups is 1. The van der Waals surface area contributed by atoms with Gasteiger partial charge in [0.1, 0.15) is 5.01 Å². The van der Waals surface area contributed by atoms with Gasteiger partial charge in [-0.2, -0.15) is 0 Å². The molecule has 0 fully saturated rings. The molecule has 1 heterocycles. The molecule has 2 rings (SSSR count). The summed E-state index contributed by atoms with van der Waals surface area (Å²) in [7, 11) is 0. The number of thiazole rings is 1. The number of aliphatic imine (C=N–C) groups is 1. The van der Waals surface area contributed by atoms with E-state index in [0.29, 0.717) is 19.7 Å². The van der Waals surface area contributed by atoms with Crippen molar-refractivity contribution in [3.8, 4) is 0 Å². The summed E-state index contributed by atoms with van der Waals surface area (Å²) in [4.78, 5) is 10.5. The molecule has 136 valence electrons. The Hall–Kier alpha value is -1.92. The monoisotopic (exact) mass is 360 g/mol. The molecule has 6 heteroatoms. The maximum atomic E-state index is 5.55. The van der Waals surface area contributed by atoms with Crippen LogP contribution in [0.1, 0.15) is 41.8 Å². The summed E-state index contributed by atoms with van der Waals surface area (Å²) in [6.45, 7) is 9.71. The summed E-state index contributed by atoms with van der Waals surface area (Å²) >= 11 is 1.75. The van der Waals surface area contributed by atoms with Gasteiger partial charge in [-0.25, -0.2) is 9.98 Å². The van der Waals surface area contributed by atoms with Crippen molar-refractivity contribution in [3.63, 3.8) is 0 Å². The van der Waals surface area contributed by atoms with Gasteiger partial charge in [-0.05, 0) is 31.4 Å². The summed E-state index contributed by atoms with van der Waals surface area (Å²) in [5.41, 5.74) is 2.38. The zero-order valence-corrected chi connectivity index (χ0v) is 16.2. The van der Waals surface area contributed by atoms with Crippen molar-refractivity contribution in [2.24, 2.45) is 4.99 Å². The van der Waals surface area contributed by atoms with Crippen LogP contribution in [0.2, 0.25) is 0 Å². The number of hydrogen-bond acceptors (Lipinski definition) is 4. The molecule has 2 aromatic rings.